The number of alkyl halides is 3. The van der Waals surface area contributed by atoms with E-state index in [-0.39, 0.29) is 6.42 Å². The van der Waals surface area contributed by atoms with E-state index in [2.05, 4.69) is 4.98 Å². The first-order valence-electron chi connectivity index (χ1n) is 6.42. The van der Waals surface area contributed by atoms with Crippen LogP contribution in [0.15, 0.2) is 18.5 Å². The molecule has 104 valence electrons. The highest BCUT2D eigenvalue weighted by Crippen LogP contribution is 2.42. The number of aryl methyl sites for hydroxylation is 1. The molecule has 1 aliphatic carbocycles. The van der Waals surface area contributed by atoms with Crippen molar-refractivity contribution in [1.29, 1.82) is 0 Å². The molecule has 1 aromatic heterocycles. The van der Waals surface area contributed by atoms with E-state index in [4.69, 9.17) is 0 Å². The average molecular weight is 271 g/mol. The largest absolute Gasteiger partial charge is 0.392 e. The lowest BCUT2D eigenvalue weighted by Crippen LogP contribution is -2.37. The lowest BCUT2D eigenvalue weighted by molar-refractivity contribution is -0.190. The number of Topliss-reactive ketones (excluding diaryl/α,β-unsaturated/α-hetero) is 1. The summed E-state index contributed by atoms with van der Waals surface area (Å²) >= 11 is 0. The van der Waals surface area contributed by atoms with Gasteiger partial charge in [0.2, 0.25) is 0 Å². The number of hydrogen-bond donors (Lipinski definition) is 0. The third-order valence-electron chi connectivity index (χ3n) is 3.68. The quantitative estimate of drug-likeness (QED) is 0.762. The summed E-state index contributed by atoms with van der Waals surface area (Å²) in [5.41, 5.74) is 1.08. The van der Waals surface area contributed by atoms with Crippen LogP contribution in [0.4, 0.5) is 13.2 Å². The lowest BCUT2D eigenvalue weighted by Gasteiger charge is -2.31. The fourth-order valence-electron chi connectivity index (χ4n) is 2.74. The Morgan fingerprint density at radius 2 is 1.95 bits per heavy atom. The molecule has 0 radical (unpaired) electrons. The van der Waals surface area contributed by atoms with Crippen LogP contribution in [0.5, 0.6) is 0 Å². The highest BCUT2D eigenvalue weighted by molar-refractivity contribution is 5.98. The van der Waals surface area contributed by atoms with Gasteiger partial charge in [0, 0.05) is 23.9 Å². The zero-order valence-electron chi connectivity index (χ0n) is 10.7. The molecule has 1 aromatic rings. The van der Waals surface area contributed by atoms with E-state index in [9.17, 15) is 18.0 Å². The molecule has 1 aliphatic rings. The Hall–Kier alpha value is -1.39. The minimum absolute atomic E-state index is 0.0547. The predicted octanol–water partition coefficient (Wildman–Crippen LogP) is 3.94. The maximum atomic E-state index is 13.0. The Morgan fingerprint density at radius 1 is 1.26 bits per heavy atom. The number of nitrogens with zero attached hydrogens (tertiary/aromatic N) is 1. The van der Waals surface area contributed by atoms with E-state index in [1.54, 1.807) is 19.2 Å². The molecule has 1 fully saturated rings. The van der Waals surface area contributed by atoms with Gasteiger partial charge in [-0.2, -0.15) is 13.2 Å². The van der Waals surface area contributed by atoms with Crippen LogP contribution in [0.3, 0.4) is 0 Å². The van der Waals surface area contributed by atoms with Crippen LogP contribution in [0, 0.1) is 18.8 Å². The maximum absolute atomic E-state index is 13.0. The molecule has 1 heterocycles. The fourth-order valence-corrected chi connectivity index (χ4v) is 2.74. The second-order valence-corrected chi connectivity index (χ2v) is 5.15. The molecule has 1 saturated carbocycles. The topological polar surface area (TPSA) is 30.0 Å². The second-order valence-electron chi connectivity index (χ2n) is 5.15. The van der Waals surface area contributed by atoms with Crippen LogP contribution in [0.25, 0.3) is 0 Å². The summed E-state index contributed by atoms with van der Waals surface area (Å²) in [6, 6.07) is 1.61. The lowest BCUT2D eigenvalue weighted by atomic mass is 9.75. The molecular formula is C14H16F3NO. The van der Waals surface area contributed by atoms with E-state index in [1.165, 1.54) is 6.20 Å². The summed E-state index contributed by atoms with van der Waals surface area (Å²) in [5.74, 6) is -2.87. The van der Waals surface area contributed by atoms with Crippen molar-refractivity contribution in [3.63, 3.8) is 0 Å². The molecule has 0 spiro atoms. The molecule has 0 saturated heterocycles. The monoisotopic (exact) mass is 271 g/mol. The number of carbonyl (C=O) groups is 1. The zero-order valence-corrected chi connectivity index (χ0v) is 10.7. The second kappa shape index (κ2) is 5.31. The summed E-state index contributed by atoms with van der Waals surface area (Å²) in [5, 5.41) is 0. The SMILES string of the molecule is Cc1cncc(C(=O)C2CCCCC2C(F)(F)F)c1. The van der Waals surface area contributed by atoms with Gasteiger partial charge in [-0.3, -0.25) is 9.78 Å². The number of aromatic nitrogens is 1. The maximum Gasteiger partial charge on any atom is 0.392 e. The van der Waals surface area contributed by atoms with Gasteiger partial charge in [0.05, 0.1) is 5.92 Å². The molecule has 0 bridgehead atoms. The third kappa shape index (κ3) is 3.14. The van der Waals surface area contributed by atoms with Crippen LogP contribution >= 0.6 is 0 Å². The zero-order chi connectivity index (χ0) is 14.0. The smallest absolute Gasteiger partial charge is 0.294 e. The summed E-state index contributed by atoms with van der Waals surface area (Å²) in [7, 11) is 0. The van der Waals surface area contributed by atoms with Crippen molar-refractivity contribution in [2.75, 3.05) is 0 Å². The van der Waals surface area contributed by atoms with Crippen molar-refractivity contribution in [2.24, 2.45) is 11.8 Å². The molecule has 19 heavy (non-hydrogen) atoms. The van der Waals surface area contributed by atoms with E-state index < -0.39 is 23.8 Å². The Labute approximate surface area is 110 Å². The molecule has 2 unspecified atom stereocenters. The molecule has 0 aromatic carbocycles. The number of hydrogen-bond acceptors (Lipinski definition) is 2. The van der Waals surface area contributed by atoms with Gasteiger partial charge in [0.1, 0.15) is 0 Å². The van der Waals surface area contributed by atoms with Crippen LogP contribution in [-0.4, -0.2) is 16.9 Å². The molecular weight excluding hydrogens is 255 g/mol. The van der Waals surface area contributed by atoms with E-state index in [1.807, 2.05) is 0 Å². The Bertz CT molecular complexity index is 470. The first-order chi connectivity index (χ1) is 8.89. The highest BCUT2D eigenvalue weighted by atomic mass is 19.4. The highest BCUT2D eigenvalue weighted by Gasteiger charge is 2.48. The van der Waals surface area contributed by atoms with E-state index in [0.717, 1.165) is 5.56 Å². The molecule has 2 atom stereocenters. The molecule has 5 heteroatoms. The van der Waals surface area contributed by atoms with E-state index in [0.29, 0.717) is 24.8 Å². The first-order valence-corrected chi connectivity index (χ1v) is 6.42. The summed E-state index contributed by atoms with van der Waals surface area (Å²) in [6.45, 7) is 1.77. The molecule has 2 rings (SSSR count). The number of halogens is 3. The Balaban J connectivity index is 2.25. The van der Waals surface area contributed by atoms with Crippen molar-refractivity contribution in [1.82, 2.24) is 4.98 Å². The minimum Gasteiger partial charge on any atom is -0.294 e. The van der Waals surface area contributed by atoms with Crippen molar-refractivity contribution in [3.8, 4) is 0 Å². The van der Waals surface area contributed by atoms with Crippen LogP contribution < -0.4 is 0 Å². The number of pyridine rings is 1. The number of ketones is 1. The first kappa shape index (κ1) is 14.0. The fraction of sp³-hybridized carbons (Fsp3) is 0.571. The normalized spacial score (nSPS) is 24.2. The predicted molar refractivity (Wildman–Crippen MR) is 64.8 cm³/mol. The summed E-state index contributed by atoms with van der Waals surface area (Å²) < 4.78 is 38.9. The molecule has 0 amide bonds. The minimum atomic E-state index is -4.29. The van der Waals surface area contributed by atoms with Gasteiger partial charge in [-0.05, 0) is 31.4 Å². The van der Waals surface area contributed by atoms with Crippen LogP contribution in [0.1, 0.15) is 41.6 Å². The van der Waals surface area contributed by atoms with Crippen LogP contribution in [-0.2, 0) is 0 Å². The van der Waals surface area contributed by atoms with Crippen LogP contribution in [0.2, 0.25) is 0 Å². The molecule has 0 aliphatic heterocycles. The van der Waals surface area contributed by atoms with Gasteiger partial charge in [-0.15, -0.1) is 0 Å². The van der Waals surface area contributed by atoms with Gasteiger partial charge in [-0.1, -0.05) is 12.8 Å². The van der Waals surface area contributed by atoms with Crippen molar-refractivity contribution >= 4 is 5.78 Å². The Kier molecular flexibility index (Phi) is 3.92. The van der Waals surface area contributed by atoms with Gasteiger partial charge in [0.25, 0.3) is 0 Å². The standard InChI is InChI=1S/C14H16F3NO/c1-9-6-10(8-18-7-9)13(19)11-4-2-3-5-12(11)14(15,16)17/h6-8,11-12H,2-5H2,1H3. The van der Waals surface area contributed by atoms with Crippen molar-refractivity contribution in [3.05, 3.63) is 29.6 Å². The summed E-state index contributed by atoms with van der Waals surface area (Å²) in [6.07, 6.45) is 0.243. The van der Waals surface area contributed by atoms with E-state index >= 15 is 0 Å². The van der Waals surface area contributed by atoms with Crippen molar-refractivity contribution in [2.45, 2.75) is 38.8 Å². The molecule has 2 nitrogen and oxygen atoms in total. The third-order valence-corrected chi connectivity index (χ3v) is 3.68. The average Bonchev–Trinajstić information content (AvgIpc) is 2.37. The van der Waals surface area contributed by atoms with Crippen molar-refractivity contribution < 1.29 is 18.0 Å². The van der Waals surface area contributed by atoms with Gasteiger partial charge >= 0.3 is 6.18 Å². The number of carbonyl (C=O) groups excluding carboxylic acids is 1. The van der Waals surface area contributed by atoms with Gasteiger partial charge in [-0.25, -0.2) is 0 Å². The van der Waals surface area contributed by atoms with Gasteiger partial charge < -0.3 is 0 Å². The molecule has 0 N–H and O–H groups in total. The Morgan fingerprint density at radius 3 is 2.58 bits per heavy atom. The number of rotatable bonds is 2. The van der Waals surface area contributed by atoms with Gasteiger partial charge in [0.15, 0.2) is 5.78 Å². The summed E-state index contributed by atoms with van der Waals surface area (Å²) in [4.78, 5) is 16.2.